The molecule has 1 aromatic heterocycles. The highest BCUT2D eigenvalue weighted by atomic mass is 16.3. The maximum atomic E-state index is 10.0. The number of likely N-dealkylation sites (N-methyl/N-ethyl adjacent to an activating group) is 1. The minimum Gasteiger partial charge on any atom is -0.394 e. The maximum absolute atomic E-state index is 10.0. The Balaban J connectivity index is 2.20. The lowest BCUT2D eigenvalue weighted by atomic mass is 9.87. The molecule has 2 aromatic rings. The molecular formula is C17H25N3O. The summed E-state index contributed by atoms with van der Waals surface area (Å²) in [4.78, 5) is 4.36. The van der Waals surface area contributed by atoms with Crippen LogP contribution in [0.3, 0.4) is 0 Å². The van der Waals surface area contributed by atoms with E-state index in [1.807, 2.05) is 30.6 Å². The fourth-order valence-electron chi connectivity index (χ4n) is 2.83. The Kier molecular flexibility index (Phi) is 5.53. The predicted molar refractivity (Wildman–Crippen MR) is 85.1 cm³/mol. The van der Waals surface area contributed by atoms with Crippen LogP contribution in [-0.2, 0) is 18.5 Å². The van der Waals surface area contributed by atoms with Crippen molar-refractivity contribution < 1.29 is 5.11 Å². The first-order chi connectivity index (χ1) is 10.3. The van der Waals surface area contributed by atoms with E-state index in [0.29, 0.717) is 0 Å². The van der Waals surface area contributed by atoms with Crippen LogP contribution >= 0.6 is 0 Å². The van der Waals surface area contributed by atoms with Gasteiger partial charge in [-0.1, -0.05) is 44.2 Å². The third-order valence-corrected chi connectivity index (χ3v) is 4.01. The van der Waals surface area contributed by atoms with Gasteiger partial charge in [-0.25, -0.2) is 4.98 Å². The second-order valence-electron chi connectivity index (χ2n) is 5.28. The van der Waals surface area contributed by atoms with Crippen molar-refractivity contribution in [1.29, 1.82) is 0 Å². The van der Waals surface area contributed by atoms with E-state index in [9.17, 15) is 5.11 Å². The van der Waals surface area contributed by atoms with Gasteiger partial charge in [0.05, 0.1) is 12.1 Å². The van der Waals surface area contributed by atoms with Crippen LogP contribution in [0.4, 0.5) is 0 Å². The molecule has 0 saturated carbocycles. The minimum atomic E-state index is -0.398. The molecule has 0 amide bonds. The van der Waals surface area contributed by atoms with Crippen molar-refractivity contribution >= 4 is 0 Å². The average Bonchev–Trinajstić information content (AvgIpc) is 3.00. The molecule has 0 aliphatic rings. The number of aliphatic hydroxyl groups is 1. The first-order valence-electron chi connectivity index (χ1n) is 7.67. The van der Waals surface area contributed by atoms with Gasteiger partial charge in [0.2, 0.25) is 0 Å². The monoisotopic (exact) mass is 287 g/mol. The number of imidazole rings is 1. The summed E-state index contributed by atoms with van der Waals surface area (Å²) in [6, 6.07) is 10.2. The Morgan fingerprint density at radius 2 is 2.00 bits per heavy atom. The van der Waals surface area contributed by atoms with Gasteiger partial charge in [-0.05, 0) is 18.5 Å². The minimum absolute atomic E-state index is 0.0843. The standard InChI is InChI=1S/C17H25N3O/c1-3-16-18-11-13-20(16)12-10-17(14-21,19-4-2)15-8-6-5-7-9-15/h5-9,11,13,19,21H,3-4,10,12,14H2,1-2H3. The number of nitrogens with one attached hydrogen (secondary N) is 1. The summed E-state index contributed by atoms with van der Waals surface area (Å²) >= 11 is 0. The molecule has 4 nitrogen and oxygen atoms in total. The van der Waals surface area contributed by atoms with Crippen molar-refractivity contribution in [2.24, 2.45) is 0 Å². The molecule has 0 aliphatic carbocycles. The molecule has 0 fully saturated rings. The van der Waals surface area contributed by atoms with E-state index < -0.39 is 5.54 Å². The van der Waals surface area contributed by atoms with Crippen LogP contribution in [0.1, 0.15) is 31.7 Å². The Bertz CT molecular complexity index is 538. The van der Waals surface area contributed by atoms with Crippen LogP contribution in [0, 0.1) is 0 Å². The van der Waals surface area contributed by atoms with E-state index in [2.05, 4.69) is 40.8 Å². The molecule has 21 heavy (non-hydrogen) atoms. The highest BCUT2D eigenvalue weighted by Gasteiger charge is 2.30. The normalized spacial score (nSPS) is 14.0. The zero-order valence-electron chi connectivity index (χ0n) is 12.9. The number of benzene rings is 1. The van der Waals surface area contributed by atoms with Crippen molar-refractivity contribution in [3.8, 4) is 0 Å². The number of hydrogen-bond acceptors (Lipinski definition) is 3. The molecule has 1 heterocycles. The molecule has 0 spiro atoms. The Labute approximate surface area is 126 Å². The van der Waals surface area contributed by atoms with E-state index >= 15 is 0 Å². The van der Waals surface area contributed by atoms with E-state index in [-0.39, 0.29) is 6.61 Å². The molecule has 1 atom stereocenters. The van der Waals surface area contributed by atoms with Gasteiger partial charge in [-0.2, -0.15) is 0 Å². The second kappa shape index (κ2) is 7.38. The molecule has 1 unspecified atom stereocenters. The Hall–Kier alpha value is -1.65. The van der Waals surface area contributed by atoms with Gasteiger partial charge in [0.1, 0.15) is 5.82 Å². The first kappa shape index (κ1) is 15.7. The summed E-state index contributed by atoms with van der Waals surface area (Å²) in [7, 11) is 0. The number of aryl methyl sites for hydroxylation is 2. The topological polar surface area (TPSA) is 50.1 Å². The molecular weight excluding hydrogens is 262 g/mol. The Morgan fingerprint density at radius 3 is 2.62 bits per heavy atom. The average molecular weight is 287 g/mol. The molecule has 2 rings (SSSR count). The quantitative estimate of drug-likeness (QED) is 0.783. The van der Waals surface area contributed by atoms with Gasteiger partial charge in [0.25, 0.3) is 0 Å². The highest BCUT2D eigenvalue weighted by molar-refractivity contribution is 5.24. The lowest BCUT2D eigenvalue weighted by Gasteiger charge is -2.34. The molecule has 1 aromatic carbocycles. The fraction of sp³-hybridized carbons (Fsp3) is 0.471. The van der Waals surface area contributed by atoms with Crippen LogP contribution in [0.15, 0.2) is 42.7 Å². The number of rotatable bonds is 8. The van der Waals surface area contributed by atoms with Crippen molar-refractivity contribution in [1.82, 2.24) is 14.9 Å². The maximum Gasteiger partial charge on any atom is 0.108 e. The molecule has 0 aliphatic heterocycles. The van der Waals surface area contributed by atoms with Gasteiger partial charge in [0, 0.05) is 25.4 Å². The Morgan fingerprint density at radius 1 is 1.24 bits per heavy atom. The largest absolute Gasteiger partial charge is 0.394 e. The molecule has 114 valence electrons. The number of aromatic nitrogens is 2. The van der Waals surface area contributed by atoms with E-state index in [1.54, 1.807) is 0 Å². The molecule has 2 N–H and O–H groups in total. The number of hydrogen-bond donors (Lipinski definition) is 2. The van der Waals surface area contributed by atoms with E-state index in [4.69, 9.17) is 0 Å². The van der Waals surface area contributed by atoms with Crippen LogP contribution in [0.25, 0.3) is 0 Å². The SMILES string of the molecule is CCNC(CO)(CCn1ccnc1CC)c1ccccc1. The zero-order chi connectivity index (χ0) is 15.1. The van der Waals surface area contributed by atoms with Gasteiger partial charge >= 0.3 is 0 Å². The van der Waals surface area contributed by atoms with Crippen molar-refractivity contribution in [3.05, 3.63) is 54.1 Å². The van der Waals surface area contributed by atoms with Crippen LogP contribution in [-0.4, -0.2) is 27.8 Å². The van der Waals surface area contributed by atoms with Crippen molar-refractivity contribution in [2.45, 2.75) is 38.8 Å². The number of nitrogens with zero attached hydrogens (tertiary/aromatic N) is 2. The van der Waals surface area contributed by atoms with Crippen LogP contribution in [0.2, 0.25) is 0 Å². The molecule has 0 saturated heterocycles. The summed E-state index contributed by atoms with van der Waals surface area (Å²) in [6.45, 7) is 5.92. The third-order valence-electron chi connectivity index (χ3n) is 4.01. The summed E-state index contributed by atoms with van der Waals surface area (Å²) in [5.41, 5.74) is 0.734. The first-order valence-corrected chi connectivity index (χ1v) is 7.67. The summed E-state index contributed by atoms with van der Waals surface area (Å²) in [6.07, 6.45) is 5.60. The zero-order valence-corrected chi connectivity index (χ0v) is 12.9. The summed E-state index contributed by atoms with van der Waals surface area (Å²) in [5.74, 6) is 1.09. The van der Waals surface area contributed by atoms with Gasteiger partial charge < -0.3 is 15.0 Å². The molecule has 0 bridgehead atoms. The predicted octanol–water partition coefficient (Wildman–Crippen LogP) is 2.33. The fourth-order valence-corrected chi connectivity index (χ4v) is 2.83. The van der Waals surface area contributed by atoms with Crippen LogP contribution in [0.5, 0.6) is 0 Å². The molecule has 0 radical (unpaired) electrons. The van der Waals surface area contributed by atoms with E-state index in [0.717, 1.165) is 37.3 Å². The molecule has 4 heteroatoms. The third kappa shape index (κ3) is 3.52. The second-order valence-corrected chi connectivity index (χ2v) is 5.28. The highest BCUT2D eigenvalue weighted by Crippen LogP contribution is 2.25. The van der Waals surface area contributed by atoms with Crippen molar-refractivity contribution in [2.75, 3.05) is 13.2 Å². The smallest absolute Gasteiger partial charge is 0.108 e. The van der Waals surface area contributed by atoms with Crippen molar-refractivity contribution in [3.63, 3.8) is 0 Å². The van der Waals surface area contributed by atoms with Gasteiger partial charge in [0.15, 0.2) is 0 Å². The lowest BCUT2D eigenvalue weighted by Crippen LogP contribution is -2.46. The van der Waals surface area contributed by atoms with Gasteiger partial charge in [-0.15, -0.1) is 0 Å². The number of aliphatic hydroxyl groups excluding tert-OH is 1. The summed E-state index contributed by atoms with van der Waals surface area (Å²) in [5, 5.41) is 13.5. The van der Waals surface area contributed by atoms with Gasteiger partial charge in [-0.3, -0.25) is 0 Å². The summed E-state index contributed by atoms with van der Waals surface area (Å²) < 4.78 is 2.17. The van der Waals surface area contributed by atoms with Crippen LogP contribution < -0.4 is 5.32 Å². The van der Waals surface area contributed by atoms with E-state index in [1.165, 1.54) is 0 Å². The lowest BCUT2D eigenvalue weighted by molar-refractivity contribution is 0.147.